The van der Waals surface area contributed by atoms with Crippen molar-refractivity contribution in [3.05, 3.63) is 33.9 Å². The molecule has 1 aromatic rings. The molecule has 0 aliphatic heterocycles. The molecule has 1 aliphatic rings. The number of hydrogen-bond acceptors (Lipinski definition) is 5. The number of nitrogens with two attached hydrogens (primary N) is 1. The van der Waals surface area contributed by atoms with E-state index in [0.29, 0.717) is 16.7 Å². The van der Waals surface area contributed by atoms with Crippen molar-refractivity contribution in [2.45, 2.75) is 42.8 Å². The Morgan fingerprint density at radius 2 is 2.29 bits per heavy atom. The highest BCUT2D eigenvalue weighted by molar-refractivity contribution is 8.00. The highest BCUT2D eigenvalue weighted by atomic mass is 32.2. The summed E-state index contributed by atoms with van der Waals surface area (Å²) in [5.74, 6) is 0.603. The van der Waals surface area contributed by atoms with Crippen LogP contribution in [-0.2, 0) is 0 Å². The zero-order valence-corrected chi connectivity index (χ0v) is 12.7. The first kappa shape index (κ1) is 15.6. The second kappa shape index (κ2) is 6.80. The van der Waals surface area contributed by atoms with Crippen molar-refractivity contribution >= 4 is 23.3 Å². The van der Waals surface area contributed by atoms with Crippen LogP contribution in [0, 0.1) is 16.0 Å². The van der Waals surface area contributed by atoms with Crippen molar-refractivity contribution in [3.63, 3.8) is 0 Å². The lowest BCUT2D eigenvalue weighted by atomic mass is 9.91. The molecule has 2 atom stereocenters. The number of oxime groups is 1. The highest BCUT2D eigenvalue weighted by Crippen LogP contribution is 2.38. The quantitative estimate of drug-likeness (QED) is 0.292. The predicted octanol–water partition coefficient (Wildman–Crippen LogP) is 3.36. The van der Waals surface area contributed by atoms with Crippen molar-refractivity contribution in [1.82, 2.24) is 0 Å². The van der Waals surface area contributed by atoms with Crippen LogP contribution < -0.4 is 5.73 Å². The number of amidine groups is 1. The van der Waals surface area contributed by atoms with Gasteiger partial charge < -0.3 is 10.9 Å². The van der Waals surface area contributed by atoms with Crippen LogP contribution in [-0.4, -0.2) is 21.2 Å². The molecule has 1 aromatic carbocycles. The summed E-state index contributed by atoms with van der Waals surface area (Å²) < 4.78 is 0. The molecule has 3 N–H and O–H groups in total. The number of rotatable bonds is 4. The molecule has 0 heterocycles. The maximum Gasteiger partial charge on any atom is 0.270 e. The van der Waals surface area contributed by atoms with Gasteiger partial charge in [0.2, 0.25) is 0 Å². The first-order valence-electron chi connectivity index (χ1n) is 6.94. The van der Waals surface area contributed by atoms with Gasteiger partial charge in [-0.05, 0) is 24.8 Å². The topological polar surface area (TPSA) is 102 Å². The first-order chi connectivity index (χ1) is 10.0. The molecule has 21 heavy (non-hydrogen) atoms. The zero-order chi connectivity index (χ0) is 15.4. The van der Waals surface area contributed by atoms with Gasteiger partial charge in [0.05, 0.1) is 4.92 Å². The minimum absolute atomic E-state index is 0.0574. The Morgan fingerprint density at radius 1 is 1.52 bits per heavy atom. The van der Waals surface area contributed by atoms with E-state index in [1.807, 2.05) is 0 Å². The largest absolute Gasteiger partial charge is 0.409 e. The van der Waals surface area contributed by atoms with E-state index in [1.165, 1.54) is 25.0 Å². The summed E-state index contributed by atoms with van der Waals surface area (Å²) in [6.45, 7) is 2.24. The fourth-order valence-electron chi connectivity index (χ4n) is 2.65. The Bertz CT molecular complexity index is 562. The molecule has 0 aromatic heterocycles. The lowest BCUT2D eigenvalue weighted by molar-refractivity contribution is -0.384. The molecule has 0 amide bonds. The maximum atomic E-state index is 10.9. The fourth-order valence-corrected chi connectivity index (χ4v) is 4.16. The average Bonchev–Trinajstić information content (AvgIpc) is 2.46. The summed E-state index contributed by atoms with van der Waals surface area (Å²) >= 11 is 1.66. The molecular weight excluding hydrogens is 290 g/mol. The second-order valence-corrected chi connectivity index (χ2v) is 6.78. The van der Waals surface area contributed by atoms with Gasteiger partial charge in [-0.2, -0.15) is 0 Å². The minimum Gasteiger partial charge on any atom is -0.409 e. The smallest absolute Gasteiger partial charge is 0.270 e. The van der Waals surface area contributed by atoms with Gasteiger partial charge in [-0.1, -0.05) is 24.9 Å². The molecule has 1 aliphatic carbocycles. The van der Waals surface area contributed by atoms with Gasteiger partial charge in [-0.25, -0.2) is 0 Å². The Balaban J connectivity index is 2.27. The molecule has 2 rings (SSSR count). The van der Waals surface area contributed by atoms with E-state index in [2.05, 4.69) is 12.1 Å². The molecule has 0 radical (unpaired) electrons. The number of non-ortho nitro benzene ring substituents is 1. The van der Waals surface area contributed by atoms with E-state index in [0.717, 1.165) is 17.7 Å². The number of nitro benzene ring substituents is 1. The van der Waals surface area contributed by atoms with Crippen LogP contribution in [0.5, 0.6) is 0 Å². The van der Waals surface area contributed by atoms with E-state index in [1.54, 1.807) is 17.8 Å². The summed E-state index contributed by atoms with van der Waals surface area (Å²) in [6, 6.07) is 4.52. The molecule has 0 bridgehead atoms. The SMILES string of the molecule is CC1CCCC(Sc2ccc([N+](=O)[O-])cc2C(N)=NO)C1. The van der Waals surface area contributed by atoms with Crippen molar-refractivity contribution < 1.29 is 10.1 Å². The van der Waals surface area contributed by atoms with Crippen molar-refractivity contribution in [1.29, 1.82) is 0 Å². The second-order valence-electron chi connectivity index (χ2n) is 5.43. The Hall–Kier alpha value is -1.76. The molecule has 2 unspecified atom stereocenters. The first-order valence-corrected chi connectivity index (χ1v) is 7.82. The van der Waals surface area contributed by atoms with E-state index < -0.39 is 4.92 Å². The summed E-state index contributed by atoms with van der Waals surface area (Å²) in [5, 5.41) is 23.2. The summed E-state index contributed by atoms with van der Waals surface area (Å²) in [7, 11) is 0. The standard InChI is InChI=1S/C14H19N3O3S/c1-9-3-2-4-11(7-9)21-13-6-5-10(17(19)20)8-12(13)14(15)16-18/h5-6,8-9,11,18H,2-4,7H2,1H3,(H2,15,16). The maximum absolute atomic E-state index is 10.9. The molecule has 114 valence electrons. The van der Waals surface area contributed by atoms with Crippen LogP contribution in [0.3, 0.4) is 0 Å². The molecule has 1 saturated carbocycles. The monoisotopic (exact) mass is 309 g/mol. The van der Waals surface area contributed by atoms with Crippen LogP contribution in [0.2, 0.25) is 0 Å². The van der Waals surface area contributed by atoms with E-state index in [9.17, 15) is 10.1 Å². The average molecular weight is 309 g/mol. The lowest BCUT2D eigenvalue weighted by Crippen LogP contribution is -2.18. The molecule has 6 nitrogen and oxygen atoms in total. The van der Waals surface area contributed by atoms with Gasteiger partial charge in [-0.15, -0.1) is 11.8 Å². The van der Waals surface area contributed by atoms with Gasteiger partial charge in [0.25, 0.3) is 5.69 Å². The predicted molar refractivity (Wildman–Crippen MR) is 82.9 cm³/mol. The zero-order valence-electron chi connectivity index (χ0n) is 11.9. The van der Waals surface area contributed by atoms with Crippen molar-refractivity contribution in [2.24, 2.45) is 16.8 Å². The van der Waals surface area contributed by atoms with Gasteiger partial charge in [-0.3, -0.25) is 10.1 Å². The number of hydrogen-bond donors (Lipinski definition) is 2. The van der Waals surface area contributed by atoms with Crippen LogP contribution in [0.1, 0.15) is 38.2 Å². The van der Waals surface area contributed by atoms with Gasteiger partial charge >= 0.3 is 0 Å². The third-order valence-electron chi connectivity index (χ3n) is 3.74. The van der Waals surface area contributed by atoms with Crippen LogP contribution in [0.25, 0.3) is 0 Å². The molecule has 1 fully saturated rings. The normalized spacial score (nSPS) is 23.0. The van der Waals surface area contributed by atoms with E-state index in [-0.39, 0.29) is 11.5 Å². The number of nitro groups is 1. The minimum atomic E-state index is -0.481. The summed E-state index contributed by atoms with van der Waals surface area (Å²) in [4.78, 5) is 11.2. The molecule has 0 saturated heterocycles. The van der Waals surface area contributed by atoms with E-state index in [4.69, 9.17) is 10.9 Å². The summed E-state index contributed by atoms with van der Waals surface area (Å²) in [5.41, 5.74) is 6.03. The van der Waals surface area contributed by atoms with Crippen LogP contribution >= 0.6 is 11.8 Å². The number of thioether (sulfide) groups is 1. The van der Waals surface area contributed by atoms with Crippen molar-refractivity contribution in [3.8, 4) is 0 Å². The highest BCUT2D eigenvalue weighted by Gasteiger charge is 2.22. The fraction of sp³-hybridized carbons (Fsp3) is 0.500. The molecular formula is C14H19N3O3S. The third kappa shape index (κ3) is 3.87. The van der Waals surface area contributed by atoms with Gasteiger partial charge in [0, 0.05) is 27.8 Å². The van der Waals surface area contributed by atoms with Gasteiger partial charge in [0.15, 0.2) is 5.84 Å². The van der Waals surface area contributed by atoms with Crippen LogP contribution in [0.4, 0.5) is 5.69 Å². The lowest BCUT2D eigenvalue weighted by Gasteiger charge is -2.26. The molecule has 7 heteroatoms. The van der Waals surface area contributed by atoms with Gasteiger partial charge in [0.1, 0.15) is 0 Å². The molecule has 0 spiro atoms. The number of nitrogens with zero attached hydrogens (tertiary/aromatic N) is 2. The summed E-state index contributed by atoms with van der Waals surface area (Å²) in [6.07, 6.45) is 4.70. The number of benzene rings is 1. The Morgan fingerprint density at radius 3 is 2.90 bits per heavy atom. The Kier molecular flexibility index (Phi) is 5.06. The van der Waals surface area contributed by atoms with Crippen LogP contribution in [0.15, 0.2) is 28.3 Å². The Labute approximate surface area is 127 Å². The van der Waals surface area contributed by atoms with E-state index >= 15 is 0 Å². The third-order valence-corrected chi connectivity index (χ3v) is 5.11. The van der Waals surface area contributed by atoms with Crippen molar-refractivity contribution in [2.75, 3.05) is 0 Å².